The third-order valence-corrected chi connectivity index (χ3v) is 4.56. The first kappa shape index (κ1) is 22.2. The monoisotopic (exact) mass is 323 g/mol. The van der Waals surface area contributed by atoms with Gasteiger partial charge in [0.2, 0.25) is 0 Å². The first-order chi connectivity index (χ1) is 11.3. The maximum atomic E-state index is 8.99. The number of aliphatic hydroxyl groups excluding tert-OH is 1. The fourth-order valence-electron chi connectivity index (χ4n) is 3.05. The number of nitrogens with one attached hydrogen (secondary N) is 1. The highest BCUT2D eigenvalue weighted by Gasteiger charge is 1.95. The molecule has 0 radical (unpaired) electrons. The van der Waals surface area contributed by atoms with Crippen molar-refractivity contribution < 1.29 is 5.11 Å². The molecule has 0 amide bonds. The van der Waals surface area contributed by atoms with Gasteiger partial charge >= 0.3 is 0 Å². The highest BCUT2D eigenvalue weighted by Crippen LogP contribution is 2.14. The van der Waals surface area contributed by atoms with Crippen LogP contribution in [0.3, 0.4) is 0 Å². The molecular weight excluding hydrogens is 282 g/mol. The Bertz CT molecular complexity index is 263. The zero-order valence-corrected chi connectivity index (χ0v) is 15.5. The van der Waals surface area contributed by atoms with E-state index in [1.54, 1.807) is 0 Å². The molecule has 2 N–H and O–H groups in total. The fraction of sp³-hybridized carbons (Fsp3) is 0.857. The van der Waals surface area contributed by atoms with Gasteiger partial charge in [0.1, 0.15) is 0 Å². The molecule has 0 aromatic carbocycles. The predicted molar refractivity (Wildman–Crippen MR) is 104 cm³/mol. The van der Waals surface area contributed by atoms with Crippen LogP contribution in [-0.2, 0) is 0 Å². The van der Waals surface area contributed by atoms with Crippen LogP contribution in [0.15, 0.2) is 12.3 Å². The van der Waals surface area contributed by atoms with Gasteiger partial charge in [0.15, 0.2) is 0 Å². The van der Waals surface area contributed by atoms with Gasteiger partial charge in [0, 0.05) is 6.42 Å². The van der Waals surface area contributed by atoms with Crippen LogP contribution in [0.2, 0.25) is 0 Å². The molecule has 0 saturated carbocycles. The van der Waals surface area contributed by atoms with E-state index in [9.17, 15) is 0 Å². The first-order valence-electron chi connectivity index (χ1n) is 10.1. The molecule has 0 aliphatic carbocycles. The Morgan fingerprint density at radius 3 is 1.22 bits per heavy atom. The fourth-order valence-corrected chi connectivity index (χ4v) is 3.05. The molecule has 0 aliphatic heterocycles. The number of rotatable bonds is 19. The van der Waals surface area contributed by atoms with Crippen LogP contribution >= 0.6 is 0 Å². The van der Waals surface area contributed by atoms with E-state index in [0.717, 1.165) is 19.3 Å². The molecule has 0 fully saturated rings. The predicted octanol–water partition coefficient (Wildman–Crippen LogP) is 7.73. The largest absolute Gasteiger partial charge is 0.513 e. The van der Waals surface area contributed by atoms with Gasteiger partial charge in [0.25, 0.3) is 0 Å². The number of unbranched alkanes of at least 4 members (excludes halogenated alkanes) is 16. The van der Waals surface area contributed by atoms with E-state index in [1.165, 1.54) is 103 Å². The van der Waals surface area contributed by atoms with E-state index in [4.69, 9.17) is 10.5 Å². The lowest BCUT2D eigenvalue weighted by molar-refractivity contribution is 0.383. The van der Waals surface area contributed by atoms with Gasteiger partial charge in [-0.05, 0) is 25.5 Å². The molecule has 0 unspecified atom stereocenters. The summed E-state index contributed by atoms with van der Waals surface area (Å²) in [4.78, 5) is 0. The smallest absolute Gasteiger partial charge is 0.0851 e. The molecule has 0 aliphatic rings. The zero-order valence-electron chi connectivity index (χ0n) is 15.5. The van der Waals surface area contributed by atoms with E-state index < -0.39 is 0 Å². The van der Waals surface area contributed by atoms with Crippen molar-refractivity contribution in [1.82, 2.24) is 0 Å². The lowest BCUT2D eigenvalue weighted by atomic mass is 10.0. The van der Waals surface area contributed by atoms with Gasteiger partial charge in [0.05, 0.1) is 5.76 Å². The number of allylic oxidation sites excluding steroid dienone is 1. The van der Waals surface area contributed by atoms with Gasteiger partial charge in [-0.15, -0.1) is 0 Å². The number of hydrogen-bond acceptors (Lipinski definition) is 2. The Morgan fingerprint density at radius 1 is 0.609 bits per heavy atom. The molecule has 0 aromatic heterocycles. The molecule has 2 heteroatoms. The summed E-state index contributed by atoms with van der Waals surface area (Å²) in [7, 11) is 0. The van der Waals surface area contributed by atoms with Crippen molar-refractivity contribution in [1.29, 1.82) is 5.41 Å². The summed E-state index contributed by atoms with van der Waals surface area (Å²) in [5, 5.41) is 16.0. The van der Waals surface area contributed by atoms with Crippen molar-refractivity contribution in [3.8, 4) is 0 Å². The van der Waals surface area contributed by atoms with E-state index in [1.807, 2.05) is 0 Å². The van der Waals surface area contributed by atoms with Crippen LogP contribution in [0.5, 0.6) is 0 Å². The van der Waals surface area contributed by atoms with Gasteiger partial charge in [-0.2, -0.15) is 0 Å². The molecular formula is C21H41NO. The molecule has 0 saturated heterocycles. The third-order valence-electron chi connectivity index (χ3n) is 4.56. The average Bonchev–Trinajstić information content (AvgIpc) is 2.53. The highest BCUT2D eigenvalue weighted by molar-refractivity contribution is 5.52. The van der Waals surface area contributed by atoms with Crippen LogP contribution in [0.4, 0.5) is 0 Å². The molecule has 0 heterocycles. The minimum absolute atomic E-state index is 0.341. The summed E-state index contributed by atoms with van der Waals surface area (Å²) < 4.78 is 0. The van der Waals surface area contributed by atoms with Crippen molar-refractivity contribution in [2.45, 2.75) is 116 Å². The topological polar surface area (TPSA) is 44.1 Å². The lowest BCUT2D eigenvalue weighted by Crippen LogP contribution is -1.84. The maximum absolute atomic E-state index is 8.99. The molecule has 136 valence electrons. The molecule has 0 bridgehead atoms. The summed E-state index contributed by atoms with van der Waals surface area (Å²) in [5.41, 5.74) is 0. The second-order valence-corrected chi connectivity index (χ2v) is 6.97. The van der Waals surface area contributed by atoms with Gasteiger partial charge in [-0.25, -0.2) is 0 Å². The quantitative estimate of drug-likeness (QED) is 0.142. The number of aliphatic hydroxyl groups is 1. The number of hydrogen-bond donors (Lipinski definition) is 2. The summed E-state index contributed by atoms with van der Waals surface area (Å²) >= 11 is 0. The Morgan fingerprint density at radius 2 is 0.913 bits per heavy atom. The molecule has 0 atom stereocenters. The Hall–Kier alpha value is -0.790. The standard InChI is InChI=1S/C21H41NO/c1-21(23)19-17-15-13-11-9-7-5-3-2-4-6-8-10-12-14-16-18-20-22/h20,22-23H,1-19H2. The van der Waals surface area contributed by atoms with Gasteiger partial charge in [-0.1, -0.05) is 96.5 Å². The molecule has 23 heavy (non-hydrogen) atoms. The Kier molecular flexibility index (Phi) is 18.6. The first-order valence-corrected chi connectivity index (χ1v) is 10.1. The van der Waals surface area contributed by atoms with E-state index >= 15 is 0 Å². The van der Waals surface area contributed by atoms with Crippen molar-refractivity contribution in [2.75, 3.05) is 0 Å². The van der Waals surface area contributed by atoms with E-state index in [2.05, 4.69) is 6.58 Å². The molecule has 2 nitrogen and oxygen atoms in total. The van der Waals surface area contributed by atoms with Crippen LogP contribution < -0.4 is 0 Å². The molecule has 0 spiro atoms. The highest BCUT2D eigenvalue weighted by atomic mass is 16.3. The Balaban J connectivity index is 2.97. The maximum Gasteiger partial charge on any atom is 0.0851 e. The van der Waals surface area contributed by atoms with Crippen molar-refractivity contribution in [3.63, 3.8) is 0 Å². The van der Waals surface area contributed by atoms with Gasteiger partial charge in [-0.3, -0.25) is 0 Å². The molecule has 0 rings (SSSR count). The lowest BCUT2D eigenvalue weighted by Gasteiger charge is -2.03. The Labute approximate surface area is 145 Å². The van der Waals surface area contributed by atoms with Crippen LogP contribution in [0.25, 0.3) is 0 Å². The minimum atomic E-state index is 0.341. The van der Waals surface area contributed by atoms with Crippen LogP contribution in [-0.4, -0.2) is 11.3 Å². The van der Waals surface area contributed by atoms with Crippen molar-refractivity contribution in [3.05, 3.63) is 12.3 Å². The average molecular weight is 324 g/mol. The van der Waals surface area contributed by atoms with E-state index in [-0.39, 0.29) is 0 Å². The normalized spacial score (nSPS) is 10.8. The zero-order chi connectivity index (χ0) is 17.0. The minimum Gasteiger partial charge on any atom is -0.513 e. The van der Waals surface area contributed by atoms with E-state index in [0.29, 0.717) is 5.76 Å². The second kappa shape index (κ2) is 19.3. The summed E-state index contributed by atoms with van der Waals surface area (Å²) in [5.74, 6) is 0.341. The van der Waals surface area contributed by atoms with Crippen molar-refractivity contribution >= 4 is 6.21 Å². The second-order valence-electron chi connectivity index (χ2n) is 6.97. The van der Waals surface area contributed by atoms with Crippen LogP contribution in [0.1, 0.15) is 116 Å². The third kappa shape index (κ3) is 21.2. The summed E-state index contributed by atoms with van der Waals surface area (Å²) in [6, 6.07) is 0. The van der Waals surface area contributed by atoms with Gasteiger partial charge < -0.3 is 10.5 Å². The SMILES string of the molecule is C=C(O)CCCCCCCCCCCCCCCCCCC=N. The molecule has 0 aromatic rings. The van der Waals surface area contributed by atoms with Crippen molar-refractivity contribution in [2.24, 2.45) is 0 Å². The van der Waals surface area contributed by atoms with Crippen LogP contribution in [0, 0.1) is 5.41 Å². The summed E-state index contributed by atoms with van der Waals surface area (Å²) in [6.45, 7) is 3.52. The summed E-state index contributed by atoms with van der Waals surface area (Å²) in [6.07, 6.45) is 24.9.